The molecular formula is C8H17NO. The Kier molecular flexibility index (Phi) is 8.37. The van der Waals surface area contributed by atoms with Gasteiger partial charge >= 0.3 is 0 Å². The van der Waals surface area contributed by atoms with E-state index in [4.69, 9.17) is 5.11 Å². The van der Waals surface area contributed by atoms with Gasteiger partial charge in [-0.25, -0.2) is 0 Å². The Morgan fingerprint density at radius 1 is 1.30 bits per heavy atom. The highest BCUT2D eigenvalue weighted by atomic mass is 16.2. The zero-order valence-electron chi connectivity index (χ0n) is 6.47. The van der Waals surface area contributed by atoms with Crippen LogP contribution in [-0.4, -0.2) is 24.8 Å². The molecule has 0 atom stereocenters. The van der Waals surface area contributed by atoms with Crippen molar-refractivity contribution in [2.75, 3.05) is 19.7 Å². The molecule has 1 rings (SSSR count). The van der Waals surface area contributed by atoms with Crippen molar-refractivity contribution < 1.29 is 5.11 Å². The van der Waals surface area contributed by atoms with E-state index >= 15 is 0 Å². The fourth-order valence-corrected chi connectivity index (χ4v) is 0.802. The Hall–Kier alpha value is -0.340. The number of aliphatic hydroxyl groups is 1. The first-order valence-corrected chi connectivity index (χ1v) is 3.84. The molecule has 1 fully saturated rings. The lowest BCUT2D eigenvalue weighted by Gasteiger charge is -2.08. The molecule has 1 aliphatic rings. The number of hydrogen-bond donors (Lipinski definition) is 2. The Balaban J connectivity index is 0.000000180. The van der Waals surface area contributed by atoms with Gasteiger partial charge in [0.15, 0.2) is 0 Å². The summed E-state index contributed by atoms with van der Waals surface area (Å²) in [5.41, 5.74) is 0. The minimum Gasteiger partial charge on any atom is -0.392 e. The molecule has 2 heteroatoms. The van der Waals surface area contributed by atoms with Gasteiger partial charge in [-0.05, 0) is 25.9 Å². The van der Waals surface area contributed by atoms with Crippen LogP contribution in [0.3, 0.4) is 0 Å². The Labute approximate surface area is 62.9 Å². The SMILES string of the molecule is C1CCNCC1.C=CCO. The third-order valence-corrected chi connectivity index (χ3v) is 1.34. The maximum atomic E-state index is 7.76. The predicted octanol–water partition coefficient (Wildman–Crippen LogP) is 0.925. The van der Waals surface area contributed by atoms with Gasteiger partial charge in [-0.2, -0.15) is 0 Å². The summed E-state index contributed by atoms with van der Waals surface area (Å²) in [5, 5.41) is 11.0. The summed E-state index contributed by atoms with van der Waals surface area (Å²) in [6.45, 7) is 5.81. The van der Waals surface area contributed by atoms with Crippen LogP contribution in [-0.2, 0) is 0 Å². The molecule has 2 N–H and O–H groups in total. The average molecular weight is 143 g/mol. The second-order valence-corrected chi connectivity index (χ2v) is 2.28. The molecule has 0 saturated carbocycles. The Morgan fingerprint density at radius 3 is 1.90 bits per heavy atom. The third kappa shape index (κ3) is 7.66. The quantitative estimate of drug-likeness (QED) is 0.535. The first-order chi connectivity index (χ1) is 4.91. The molecule has 10 heavy (non-hydrogen) atoms. The highest BCUT2D eigenvalue weighted by molar-refractivity contribution is 4.60. The fourth-order valence-electron chi connectivity index (χ4n) is 0.802. The smallest absolute Gasteiger partial charge is 0.0609 e. The monoisotopic (exact) mass is 143 g/mol. The topological polar surface area (TPSA) is 32.3 Å². The minimum atomic E-state index is 0.0833. The summed E-state index contributed by atoms with van der Waals surface area (Å²) in [7, 11) is 0. The van der Waals surface area contributed by atoms with Crippen molar-refractivity contribution in [2.45, 2.75) is 19.3 Å². The van der Waals surface area contributed by atoms with E-state index in [1.165, 1.54) is 38.4 Å². The zero-order valence-corrected chi connectivity index (χ0v) is 6.47. The molecule has 0 aromatic heterocycles. The summed E-state index contributed by atoms with van der Waals surface area (Å²) in [4.78, 5) is 0. The largest absolute Gasteiger partial charge is 0.392 e. The number of piperidine rings is 1. The number of nitrogens with one attached hydrogen (secondary N) is 1. The van der Waals surface area contributed by atoms with Crippen molar-refractivity contribution in [3.05, 3.63) is 12.7 Å². The van der Waals surface area contributed by atoms with Crippen molar-refractivity contribution in [1.29, 1.82) is 0 Å². The van der Waals surface area contributed by atoms with E-state index in [0.717, 1.165) is 0 Å². The summed E-state index contributed by atoms with van der Waals surface area (Å²) in [6, 6.07) is 0. The van der Waals surface area contributed by atoms with Crippen molar-refractivity contribution in [3.8, 4) is 0 Å². The summed E-state index contributed by atoms with van der Waals surface area (Å²) in [6.07, 6.45) is 5.65. The van der Waals surface area contributed by atoms with Crippen LogP contribution in [0.1, 0.15) is 19.3 Å². The second kappa shape index (κ2) is 8.66. The summed E-state index contributed by atoms with van der Waals surface area (Å²) in [5.74, 6) is 0. The highest BCUT2D eigenvalue weighted by Gasteiger charge is 1.93. The second-order valence-electron chi connectivity index (χ2n) is 2.28. The van der Waals surface area contributed by atoms with E-state index in [9.17, 15) is 0 Å². The molecule has 0 aliphatic carbocycles. The molecule has 0 spiro atoms. The first-order valence-electron chi connectivity index (χ1n) is 3.84. The van der Waals surface area contributed by atoms with Gasteiger partial charge in [0.25, 0.3) is 0 Å². The van der Waals surface area contributed by atoms with Gasteiger partial charge in [-0.3, -0.25) is 0 Å². The van der Waals surface area contributed by atoms with E-state index < -0.39 is 0 Å². The first kappa shape index (κ1) is 9.66. The summed E-state index contributed by atoms with van der Waals surface area (Å²) >= 11 is 0. The van der Waals surface area contributed by atoms with E-state index in [1.54, 1.807) is 0 Å². The molecular weight excluding hydrogens is 126 g/mol. The Bertz CT molecular complexity index is 58.1. The zero-order chi connectivity index (χ0) is 7.66. The fraction of sp³-hybridized carbons (Fsp3) is 0.750. The van der Waals surface area contributed by atoms with Gasteiger partial charge in [0.1, 0.15) is 0 Å². The predicted molar refractivity (Wildman–Crippen MR) is 44.0 cm³/mol. The lowest BCUT2D eigenvalue weighted by Crippen LogP contribution is -2.21. The van der Waals surface area contributed by atoms with Crippen molar-refractivity contribution >= 4 is 0 Å². The van der Waals surface area contributed by atoms with Crippen LogP contribution in [0.15, 0.2) is 12.7 Å². The van der Waals surface area contributed by atoms with Gasteiger partial charge in [0.05, 0.1) is 6.61 Å². The highest BCUT2D eigenvalue weighted by Crippen LogP contribution is 1.96. The van der Waals surface area contributed by atoms with Crippen LogP contribution in [0.4, 0.5) is 0 Å². The molecule has 0 aromatic carbocycles. The van der Waals surface area contributed by atoms with Crippen molar-refractivity contribution in [2.24, 2.45) is 0 Å². The molecule has 0 amide bonds. The van der Waals surface area contributed by atoms with E-state index in [0.29, 0.717) is 0 Å². The number of hydrogen-bond acceptors (Lipinski definition) is 2. The lowest BCUT2D eigenvalue weighted by molar-refractivity contribution is 0.343. The molecule has 1 aliphatic heterocycles. The van der Waals surface area contributed by atoms with E-state index in [1.807, 2.05) is 0 Å². The molecule has 60 valence electrons. The molecule has 0 unspecified atom stereocenters. The average Bonchev–Trinajstić information content (AvgIpc) is 2.08. The molecule has 0 radical (unpaired) electrons. The lowest BCUT2D eigenvalue weighted by atomic mass is 10.2. The van der Waals surface area contributed by atoms with Gasteiger partial charge in [0.2, 0.25) is 0 Å². The van der Waals surface area contributed by atoms with E-state index in [2.05, 4.69) is 11.9 Å². The third-order valence-electron chi connectivity index (χ3n) is 1.34. The summed E-state index contributed by atoms with van der Waals surface area (Å²) < 4.78 is 0. The molecule has 0 aromatic rings. The molecule has 1 saturated heterocycles. The van der Waals surface area contributed by atoms with E-state index in [-0.39, 0.29) is 6.61 Å². The molecule has 1 heterocycles. The normalized spacial score (nSPS) is 16.9. The van der Waals surface area contributed by atoms with Crippen LogP contribution in [0, 0.1) is 0 Å². The molecule has 0 bridgehead atoms. The number of rotatable bonds is 1. The Morgan fingerprint density at radius 2 is 1.80 bits per heavy atom. The van der Waals surface area contributed by atoms with Gasteiger partial charge in [-0.15, -0.1) is 6.58 Å². The minimum absolute atomic E-state index is 0.0833. The maximum absolute atomic E-state index is 7.76. The van der Waals surface area contributed by atoms with Gasteiger partial charge in [-0.1, -0.05) is 12.5 Å². The standard InChI is InChI=1S/C5H11N.C3H6O/c1-2-4-6-5-3-1;1-2-3-4/h6H,1-5H2;2,4H,1,3H2. The van der Waals surface area contributed by atoms with Crippen LogP contribution in [0.2, 0.25) is 0 Å². The van der Waals surface area contributed by atoms with Crippen LogP contribution >= 0.6 is 0 Å². The molecule has 2 nitrogen and oxygen atoms in total. The number of aliphatic hydroxyl groups excluding tert-OH is 1. The van der Waals surface area contributed by atoms with Gasteiger partial charge in [0, 0.05) is 0 Å². The van der Waals surface area contributed by atoms with Crippen LogP contribution in [0.25, 0.3) is 0 Å². The van der Waals surface area contributed by atoms with Gasteiger partial charge < -0.3 is 10.4 Å². The van der Waals surface area contributed by atoms with Crippen molar-refractivity contribution in [1.82, 2.24) is 5.32 Å². The van der Waals surface area contributed by atoms with Crippen LogP contribution < -0.4 is 5.32 Å². The van der Waals surface area contributed by atoms with Crippen molar-refractivity contribution in [3.63, 3.8) is 0 Å². The van der Waals surface area contributed by atoms with Crippen LogP contribution in [0.5, 0.6) is 0 Å². The maximum Gasteiger partial charge on any atom is 0.0609 e.